The summed E-state index contributed by atoms with van der Waals surface area (Å²) < 4.78 is 0. The highest BCUT2D eigenvalue weighted by Gasteiger charge is 2.34. The van der Waals surface area contributed by atoms with Gasteiger partial charge in [0, 0.05) is 5.54 Å². The number of fused-ring (bicyclic) bond motifs is 1. The van der Waals surface area contributed by atoms with Crippen LogP contribution in [-0.4, -0.2) is 28.7 Å². The summed E-state index contributed by atoms with van der Waals surface area (Å²) in [6.07, 6.45) is 0. The maximum Gasteiger partial charge on any atom is 0.234 e. The Morgan fingerprint density at radius 1 is 1.08 bits per heavy atom. The number of hydrogen-bond acceptors (Lipinski definition) is 3. The van der Waals surface area contributed by atoms with Crippen molar-refractivity contribution < 1.29 is 9.90 Å². The van der Waals surface area contributed by atoms with E-state index >= 15 is 0 Å². The van der Waals surface area contributed by atoms with Gasteiger partial charge in [0.15, 0.2) is 0 Å². The summed E-state index contributed by atoms with van der Waals surface area (Å²) in [5.74, 6) is -0.0898. The van der Waals surface area contributed by atoms with Crippen molar-refractivity contribution in [3.8, 4) is 0 Å². The minimum absolute atomic E-state index is 0.0749. The third kappa shape index (κ3) is 4.34. The van der Waals surface area contributed by atoms with E-state index in [4.69, 9.17) is 0 Å². The van der Waals surface area contributed by atoms with Crippen molar-refractivity contribution in [2.45, 2.75) is 51.8 Å². The molecule has 0 aliphatic heterocycles. The van der Waals surface area contributed by atoms with Gasteiger partial charge in [-0.15, -0.1) is 0 Å². The average molecular weight is 328 g/mol. The van der Waals surface area contributed by atoms with Crippen molar-refractivity contribution in [1.29, 1.82) is 0 Å². The van der Waals surface area contributed by atoms with Crippen LogP contribution in [0.15, 0.2) is 42.5 Å². The number of benzene rings is 2. The van der Waals surface area contributed by atoms with Crippen LogP contribution in [-0.2, 0) is 4.79 Å². The predicted molar refractivity (Wildman–Crippen MR) is 98.9 cm³/mol. The molecule has 1 unspecified atom stereocenters. The smallest absolute Gasteiger partial charge is 0.234 e. The van der Waals surface area contributed by atoms with Gasteiger partial charge in [0.2, 0.25) is 5.91 Å². The molecule has 1 atom stereocenters. The van der Waals surface area contributed by atoms with E-state index in [-0.39, 0.29) is 18.5 Å². The summed E-state index contributed by atoms with van der Waals surface area (Å²) in [5.41, 5.74) is -0.405. The first-order chi connectivity index (χ1) is 11.1. The zero-order valence-corrected chi connectivity index (χ0v) is 15.2. The second-order valence-electron chi connectivity index (χ2n) is 7.43. The van der Waals surface area contributed by atoms with Gasteiger partial charge in [-0.2, -0.15) is 0 Å². The van der Waals surface area contributed by atoms with Crippen molar-refractivity contribution in [2.75, 3.05) is 6.54 Å². The van der Waals surface area contributed by atoms with Crippen LogP contribution >= 0.6 is 0 Å². The van der Waals surface area contributed by atoms with Crippen LogP contribution in [0.3, 0.4) is 0 Å². The lowest BCUT2D eigenvalue weighted by Gasteiger charge is -2.38. The molecule has 0 aromatic heterocycles. The van der Waals surface area contributed by atoms with E-state index in [1.807, 2.05) is 39.0 Å². The molecule has 0 fully saturated rings. The standard InChI is InChI=1S/C20H28N2O2/c1-14(16-11-10-15-8-6-7-9-17(15)12-16)22-18(23)13-21-19(2,3)20(4,5)24/h6-12,14,21,24H,13H2,1-5H3,(H,22,23). The highest BCUT2D eigenvalue weighted by molar-refractivity contribution is 5.83. The van der Waals surface area contributed by atoms with Gasteiger partial charge in [0.1, 0.15) is 0 Å². The Bertz CT molecular complexity index is 717. The first-order valence-electron chi connectivity index (χ1n) is 8.35. The third-order valence-corrected chi connectivity index (χ3v) is 4.87. The summed E-state index contributed by atoms with van der Waals surface area (Å²) in [5, 5.41) is 18.6. The average Bonchev–Trinajstić information content (AvgIpc) is 2.51. The van der Waals surface area contributed by atoms with Crippen molar-refractivity contribution in [2.24, 2.45) is 0 Å². The van der Waals surface area contributed by atoms with Crippen LogP contribution in [0.25, 0.3) is 10.8 Å². The lowest BCUT2D eigenvalue weighted by molar-refractivity contribution is -0.121. The van der Waals surface area contributed by atoms with E-state index in [1.165, 1.54) is 5.39 Å². The molecule has 24 heavy (non-hydrogen) atoms. The lowest BCUT2D eigenvalue weighted by Crippen LogP contribution is -2.57. The molecule has 0 bridgehead atoms. The molecule has 1 amide bonds. The molecule has 4 nitrogen and oxygen atoms in total. The number of rotatable bonds is 6. The van der Waals surface area contributed by atoms with Crippen LogP contribution in [0.2, 0.25) is 0 Å². The van der Waals surface area contributed by atoms with E-state index in [1.54, 1.807) is 13.8 Å². The molecular weight excluding hydrogens is 300 g/mol. The van der Waals surface area contributed by atoms with E-state index in [9.17, 15) is 9.90 Å². The summed E-state index contributed by atoms with van der Waals surface area (Å²) in [4.78, 5) is 12.2. The molecule has 0 radical (unpaired) electrons. The second kappa shape index (κ2) is 6.91. The molecule has 3 N–H and O–H groups in total. The largest absolute Gasteiger partial charge is 0.389 e. The Hall–Kier alpha value is -1.91. The zero-order chi connectivity index (χ0) is 18.0. The van der Waals surface area contributed by atoms with E-state index in [0.717, 1.165) is 10.9 Å². The van der Waals surface area contributed by atoms with Crippen LogP contribution in [0.4, 0.5) is 0 Å². The maximum atomic E-state index is 12.2. The number of nitrogens with one attached hydrogen (secondary N) is 2. The molecule has 2 rings (SSSR count). The summed E-state index contributed by atoms with van der Waals surface area (Å²) in [6, 6.07) is 14.3. The second-order valence-corrected chi connectivity index (χ2v) is 7.43. The molecule has 130 valence electrons. The quantitative estimate of drug-likeness (QED) is 0.763. The normalized spacial score (nSPS) is 13.8. The third-order valence-electron chi connectivity index (χ3n) is 4.87. The molecule has 0 saturated heterocycles. The minimum Gasteiger partial charge on any atom is -0.389 e. The Balaban J connectivity index is 1.98. The van der Waals surface area contributed by atoms with Gasteiger partial charge in [-0.25, -0.2) is 0 Å². The summed E-state index contributed by atoms with van der Waals surface area (Å²) in [7, 11) is 0. The molecule has 0 saturated carbocycles. The maximum absolute atomic E-state index is 12.2. The molecule has 0 heterocycles. The molecule has 0 aliphatic carbocycles. The topological polar surface area (TPSA) is 61.4 Å². The van der Waals surface area contributed by atoms with Crippen LogP contribution in [0.5, 0.6) is 0 Å². The fraction of sp³-hybridized carbons (Fsp3) is 0.450. The van der Waals surface area contributed by atoms with Gasteiger partial charge >= 0.3 is 0 Å². The minimum atomic E-state index is -0.919. The monoisotopic (exact) mass is 328 g/mol. The first kappa shape index (κ1) is 18.4. The van der Waals surface area contributed by atoms with E-state index in [0.29, 0.717) is 0 Å². The number of carbonyl (C=O) groups is 1. The number of hydrogen-bond donors (Lipinski definition) is 3. The highest BCUT2D eigenvalue weighted by atomic mass is 16.3. The van der Waals surface area contributed by atoms with Crippen LogP contribution < -0.4 is 10.6 Å². The van der Waals surface area contributed by atoms with Gasteiger partial charge in [0.25, 0.3) is 0 Å². The van der Waals surface area contributed by atoms with Gasteiger partial charge in [-0.3, -0.25) is 4.79 Å². The number of amides is 1. The fourth-order valence-corrected chi connectivity index (χ4v) is 2.37. The van der Waals surface area contributed by atoms with Crippen molar-refractivity contribution in [3.63, 3.8) is 0 Å². The van der Waals surface area contributed by atoms with Gasteiger partial charge in [-0.1, -0.05) is 36.4 Å². The SMILES string of the molecule is CC(NC(=O)CNC(C)(C)C(C)(C)O)c1ccc2ccccc2c1. The predicted octanol–water partition coefficient (Wildman–Crippen LogP) is 3.16. The van der Waals surface area contributed by atoms with E-state index in [2.05, 4.69) is 34.9 Å². The van der Waals surface area contributed by atoms with Crippen molar-refractivity contribution >= 4 is 16.7 Å². The Kier molecular flexibility index (Phi) is 5.31. The Labute approximate surface area is 144 Å². The molecule has 0 spiro atoms. The zero-order valence-electron chi connectivity index (χ0n) is 15.2. The molecule has 0 aliphatic rings. The van der Waals surface area contributed by atoms with Crippen LogP contribution in [0.1, 0.15) is 46.2 Å². The molecule has 2 aromatic carbocycles. The Morgan fingerprint density at radius 2 is 1.71 bits per heavy atom. The van der Waals surface area contributed by atoms with Crippen molar-refractivity contribution in [3.05, 3.63) is 48.0 Å². The first-order valence-corrected chi connectivity index (χ1v) is 8.35. The number of carbonyl (C=O) groups excluding carboxylic acids is 1. The van der Waals surface area contributed by atoms with Crippen molar-refractivity contribution in [1.82, 2.24) is 10.6 Å². The van der Waals surface area contributed by atoms with Crippen LogP contribution in [0, 0.1) is 0 Å². The van der Waals surface area contributed by atoms with Gasteiger partial charge in [-0.05, 0) is 57.0 Å². The number of aliphatic hydroxyl groups is 1. The lowest BCUT2D eigenvalue weighted by atomic mass is 9.86. The van der Waals surface area contributed by atoms with E-state index < -0.39 is 11.1 Å². The molecule has 2 aromatic rings. The molecular formula is C20H28N2O2. The van der Waals surface area contributed by atoms with Gasteiger partial charge in [0.05, 0.1) is 18.2 Å². The highest BCUT2D eigenvalue weighted by Crippen LogP contribution is 2.21. The molecule has 4 heteroatoms. The summed E-state index contributed by atoms with van der Waals surface area (Å²) in [6.45, 7) is 9.36. The van der Waals surface area contributed by atoms with Gasteiger partial charge < -0.3 is 15.7 Å². The summed E-state index contributed by atoms with van der Waals surface area (Å²) >= 11 is 0. The Morgan fingerprint density at radius 3 is 2.33 bits per heavy atom. The fourth-order valence-electron chi connectivity index (χ4n) is 2.37.